The minimum Gasteiger partial charge on any atom is -0.491 e. The van der Waals surface area contributed by atoms with Crippen LogP contribution in [-0.4, -0.2) is 81.8 Å². The van der Waals surface area contributed by atoms with Crippen LogP contribution in [-0.2, 0) is 18.3 Å². The summed E-state index contributed by atoms with van der Waals surface area (Å²) in [5, 5.41) is 0. The molecule has 0 aromatic heterocycles. The predicted molar refractivity (Wildman–Crippen MR) is 98.2 cm³/mol. The smallest absolute Gasteiger partial charge is 0.349 e. The predicted octanol–water partition coefficient (Wildman–Crippen LogP) is 0.726. The fourth-order valence-corrected chi connectivity index (χ4v) is 6.83. The normalized spacial score (nSPS) is 25.6. The van der Waals surface area contributed by atoms with Crippen molar-refractivity contribution in [2.75, 3.05) is 46.8 Å². The van der Waals surface area contributed by atoms with Crippen LogP contribution in [0.5, 0.6) is 5.75 Å². The van der Waals surface area contributed by atoms with Gasteiger partial charge in [0.15, 0.2) is 0 Å². The Morgan fingerprint density at radius 3 is 2.58 bits per heavy atom. The SMILES string of the molecule is COC(OC)[SiH2]CN1CC(COc2ccccc2)O[Si](C)(OC)C1. The van der Waals surface area contributed by atoms with E-state index in [1.807, 2.05) is 30.3 Å². The Balaban J connectivity index is 1.90. The van der Waals surface area contributed by atoms with E-state index in [0.29, 0.717) is 6.61 Å². The number of nitrogens with zero attached hydrogens (tertiary/aromatic N) is 1. The summed E-state index contributed by atoms with van der Waals surface area (Å²) >= 11 is 0. The second-order valence-electron chi connectivity index (χ2n) is 6.13. The fraction of sp³-hybridized carbons (Fsp3) is 0.625. The first kappa shape index (κ1) is 19.6. The Morgan fingerprint density at radius 2 is 1.96 bits per heavy atom. The topological polar surface area (TPSA) is 49.4 Å². The van der Waals surface area contributed by atoms with Crippen molar-refractivity contribution in [2.24, 2.45) is 0 Å². The molecule has 1 aliphatic rings. The molecule has 0 amide bonds. The van der Waals surface area contributed by atoms with Crippen molar-refractivity contribution in [1.29, 1.82) is 0 Å². The highest BCUT2D eigenvalue weighted by Gasteiger charge is 2.41. The number of rotatable bonds is 9. The van der Waals surface area contributed by atoms with Crippen LogP contribution < -0.4 is 4.74 Å². The molecular formula is C16H29NO5Si2. The Bertz CT molecular complexity index is 477. The van der Waals surface area contributed by atoms with E-state index in [0.717, 1.165) is 24.6 Å². The van der Waals surface area contributed by atoms with Gasteiger partial charge in [-0.1, -0.05) is 18.2 Å². The van der Waals surface area contributed by atoms with Crippen LogP contribution in [0.25, 0.3) is 0 Å². The monoisotopic (exact) mass is 371 g/mol. The lowest BCUT2D eigenvalue weighted by molar-refractivity contribution is -0.0456. The van der Waals surface area contributed by atoms with Crippen LogP contribution in [0.2, 0.25) is 6.55 Å². The Morgan fingerprint density at radius 1 is 1.25 bits per heavy atom. The number of methoxy groups -OCH3 is 2. The number of hydrogen-bond donors (Lipinski definition) is 0. The van der Waals surface area contributed by atoms with E-state index >= 15 is 0 Å². The summed E-state index contributed by atoms with van der Waals surface area (Å²) in [5.74, 6) is 0.828. The molecule has 1 fully saturated rings. The molecule has 136 valence electrons. The van der Waals surface area contributed by atoms with Crippen molar-refractivity contribution in [3.63, 3.8) is 0 Å². The summed E-state index contributed by atoms with van der Waals surface area (Å²) in [7, 11) is 2.45. The van der Waals surface area contributed by atoms with Gasteiger partial charge in [-0.25, -0.2) is 0 Å². The van der Waals surface area contributed by atoms with Crippen LogP contribution in [0.4, 0.5) is 0 Å². The van der Waals surface area contributed by atoms with E-state index in [9.17, 15) is 0 Å². The molecule has 2 rings (SSSR count). The Hall–Kier alpha value is -0.746. The number of para-hydroxylation sites is 1. The summed E-state index contributed by atoms with van der Waals surface area (Å²) < 4.78 is 28.5. The maximum atomic E-state index is 6.24. The van der Waals surface area contributed by atoms with Gasteiger partial charge in [-0.2, -0.15) is 0 Å². The summed E-state index contributed by atoms with van der Waals surface area (Å²) in [5.41, 5.74) is 0. The highest BCUT2D eigenvalue weighted by Crippen LogP contribution is 2.19. The van der Waals surface area contributed by atoms with Crippen molar-refractivity contribution in [3.8, 4) is 5.75 Å². The molecule has 0 radical (unpaired) electrons. The van der Waals surface area contributed by atoms with Crippen LogP contribution in [0, 0.1) is 0 Å². The van der Waals surface area contributed by atoms with Crippen LogP contribution in [0.15, 0.2) is 30.3 Å². The van der Waals surface area contributed by atoms with Gasteiger partial charge in [0.1, 0.15) is 27.8 Å². The van der Waals surface area contributed by atoms with Gasteiger partial charge in [0.05, 0.1) is 6.10 Å². The van der Waals surface area contributed by atoms with Gasteiger partial charge in [-0.15, -0.1) is 0 Å². The summed E-state index contributed by atoms with van der Waals surface area (Å²) in [6.45, 7) is 3.50. The van der Waals surface area contributed by atoms with Crippen molar-refractivity contribution in [1.82, 2.24) is 4.90 Å². The first-order valence-corrected chi connectivity index (χ1v) is 12.6. The molecule has 0 aliphatic carbocycles. The van der Waals surface area contributed by atoms with Gasteiger partial charge >= 0.3 is 8.56 Å². The van der Waals surface area contributed by atoms with Crippen molar-refractivity contribution in [3.05, 3.63) is 30.3 Å². The first-order chi connectivity index (χ1) is 11.6. The van der Waals surface area contributed by atoms with Gasteiger partial charge in [0.2, 0.25) is 0 Å². The average molecular weight is 372 g/mol. The minimum absolute atomic E-state index is 0.0214. The van der Waals surface area contributed by atoms with Gasteiger partial charge in [0, 0.05) is 34.0 Å². The molecule has 1 aliphatic heterocycles. The molecular weight excluding hydrogens is 342 g/mol. The van der Waals surface area contributed by atoms with Gasteiger partial charge in [0.25, 0.3) is 0 Å². The third-order valence-electron chi connectivity index (χ3n) is 4.21. The molecule has 0 bridgehead atoms. The number of benzene rings is 1. The molecule has 2 unspecified atom stereocenters. The van der Waals surface area contributed by atoms with Gasteiger partial charge < -0.3 is 28.0 Å². The lowest BCUT2D eigenvalue weighted by Crippen LogP contribution is -2.61. The summed E-state index contributed by atoms with van der Waals surface area (Å²) in [4.78, 5) is 2.43. The Labute approximate surface area is 148 Å². The molecule has 1 aromatic carbocycles. The lowest BCUT2D eigenvalue weighted by atomic mass is 10.3. The second-order valence-corrected chi connectivity index (χ2v) is 11.0. The van der Waals surface area contributed by atoms with E-state index in [2.05, 4.69) is 11.4 Å². The van der Waals surface area contributed by atoms with E-state index in [-0.39, 0.29) is 12.0 Å². The standard InChI is InChI=1S/C16H29NO5Si2/c1-18-16(19-2)23-12-17-10-15(22-24(4,13-17)20-3)11-21-14-8-6-5-7-9-14/h5-9,15-16H,10-13,23H2,1-4H3. The molecule has 0 saturated carbocycles. The zero-order chi connectivity index (χ0) is 17.4. The molecule has 1 aromatic rings. The number of hydrogen-bond acceptors (Lipinski definition) is 6. The van der Waals surface area contributed by atoms with Crippen LogP contribution >= 0.6 is 0 Å². The molecule has 2 atom stereocenters. The minimum atomic E-state index is -2.18. The maximum absolute atomic E-state index is 6.24. The quantitative estimate of drug-likeness (QED) is 0.471. The lowest BCUT2D eigenvalue weighted by Gasteiger charge is -2.41. The van der Waals surface area contributed by atoms with Crippen molar-refractivity contribution < 1.29 is 23.1 Å². The average Bonchev–Trinajstić information content (AvgIpc) is 2.61. The molecule has 24 heavy (non-hydrogen) atoms. The third-order valence-corrected chi connectivity index (χ3v) is 8.95. The van der Waals surface area contributed by atoms with E-state index in [1.54, 1.807) is 21.3 Å². The summed E-state index contributed by atoms with van der Waals surface area (Å²) in [6.07, 6.45) is 1.91. The zero-order valence-electron chi connectivity index (χ0n) is 15.1. The van der Waals surface area contributed by atoms with E-state index in [1.165, 1.54) is 0 Å². The van der Waals surface area contributed by atoms with E-state index < -0.39 is 18.1 Å². The highest BCUT2D eigenvalue weighted by molar-refractivity contribution is 6.66. The largest absolute Gasteiger partial charge is 0.491 e. The molecule has 1 heterocycles. The van der Waals surface area contributed by atoms with Gasteiger partial charge in [-0.05, 0) is 24.8 Å². The van der Waals surface area contributed by atoms with Crippen LogP contribution in [0.3, 0.4) is 0 Å². The van der Waals surface area contributed by atoms with Gasteiger partial charge in [-0.3, -0.25) is 0 Å². The molecule has 0 spiro atoms. The summed E-state index contributed by atoms with van der Waals surface area (Å²) in [6, 6.07) is 9.84. The molecule has 1 saturated heterocycles. The number of ether oxygens (including phenoxy) is 3. The third kappa shape index (κ3) is 5.96. The van der Waals surface area contributed by atoms with Crippen LogP contribution in [0.1, 0.15) is 0 Å². The van der Waals surface area contributed by atoms with E-state index in [4.69, 9.17) is 23.1 Å². The van der Waals surface area contributed by atoms with Crippen molar-refractivity contribution >= 4 is 18.1 Å². The molecule has 8 heteroatoms. The Kier molecular flexibility index (Phi) is 7.88. The maximum Gasteiger partial charge on any atom is 0.349 e. The molecule has 0 N–H and O–H groups in total. The fourth-order valence-electron chi connectivity index (χ4n) is 2.88. The molecule has 6 nitrogen and oxygen atoms in total. The first-order valence-electron chi connectivity index (χ1n) is 8.27. The van der Waals surface area contributed by atoms with Crippen molar-refractivity contribution in [2.45, 2.75) is 18.6 Å². The zero-order valence-corrected chi connectivity index (χ0v) is 17.5. The highest BCUT2D eigenvalue weighted by atomic mass is 28.4. The second kappa shape index (κ2) is 9.66.